The molecular weight excluding hydrogens is 262 g/mol. The number of H-pyrrole nitrogens is 1. The first kappa shape index (κ1) is 12.1. The van der Waals surface area contributed by atoms with Gasteiger partial charge in [-0.25, -0.2) is 15.0 Å². The number of hydrogen-bond acceptors (Lipinski definition) is 7. The molecule has 0 radical (unpaired) electrons. The lowest BCUT2D eigenvalue weighted by Crippen LogP contribution is -2.32. The number of imidazole rings is 1. The first-order valence-electron chi connectivity index (χ1n) is 4.60. The van der Waals surface area contributed by atoms with Crippen molar-refractivity contribution in [1.82, 2.24) is 19.9 Å². The van der Waals surface area contributed by atoms with Gasteiger partial charge in [0.2, 0.25) is 0 Å². The first-order chi connectivity index (χ1) is 8.18. The van der Waals surface area contributed by atoms with Gasteiger partial charge >= 0.3 is 5.97 Å². The Morgan fingerprint density at radius 3 is 3.12 bits per heavy atom. The number of fused-ring (bicyclic) bond motifs is 1. The van der Waals surface area contributed by atoms with Gasteiger partial charge in [0.05, 0.1) is 6.33 Å². The van der Waals surface area contributed by atoms with Crippen LogP contribution in [0.4, 0.5) is 0 Å². The lowest BCUT2D eigenvalue weighted by atomic mass is 10.4. The van der Waals surface area contributed by atoms with E-state index in [0.29, 0.717) is 11.4 Å². The lowest BCUT2D eigenvalue weighted by Gasteiger charge is -2.04. The summed E-state index contributed by atoms with van der Waals surface area (Å²) in [7, 11) is 2.69. The number of carboxylic acid groups (broad SMARTS) is 1. The summed E-state index contributed by atoms with van der Waals surface area (Å²) in [6.45, 7) is 0. The molecule has 4 N–H and O–H groups in total. The zero-order chi connectivity index (χ0) is 12.3. The molecule has 1 atom stereocenters. The standard InChI is InChI=1S/C8H9N5O2S2/c9-4(8(14)15)1-16-17-7-5-6(11-2-10-5)12-3-13-7/h2-4H,1,9H2,(H,14,15)(H,10,11,12,13). The summed E-state index contributed by atoms with van der Waals surface area (Å²) in [6, 6.07) is -0.869. The fraction of sp³-hybridized carbons (Fsp3) is 0.250. The predicted molar refractivity (Wildman–Crippen MR) is 65.6 cm³/mol. The van der Waals surface area contributed by atoms with Gasteiger partial charge in [-0.2, -0.15) is 0 Å². The van der Waals surface area contributed by atoms with Crippen LogP contribution in [0.3, 0.4) is 0 Å². The van der Waals surface area contributed by atoms with Crippen molar-refractivity contribution in [3.63, 3.8) is 0 Å². The van der Waals surface area contributed by atoms with Gasteiger partial charge in [-0.05, 0) is 10.8 Å². The highest BCUT2D eigenvalue weighted by Crippen LogP contribution is 2.32. The summed E-state index contributed by atoms with van der Waals surface area (Å²) in [5.74, 6) is -0.702. The Bertz CT molecular complexity index is 531. The third kappa shape index (κ3) is 2.87. The summed E-state index contributed by atoms with van der Waals surface area (Å²) < 4.78 is 0. The Labute approximate surface area is 104 Å². The normalized spacial score (nSPS) is 12.8. The van der Waals surface area contributed by atoms with E-state index >= 15 is 0 Å². The maximum Gasteiger partial charge on any atom is 0.321 e. The number of carbonyl (C=O) groups is 1. The topological polar surface area (TPSA) is 118 Å². The highest BCUT2D eigenvalue weighted by Gasteiger charge is 2.13. The van der Waals surface area contributed by atoms with Gasteiger partial charge in [0.1, 0.15) is 22.9 Å². The highest BCUT2D eigenvalue weighted by molar-refractivity contribution is 8.76. The van der Waals surface area contributed by atoms with Crippen molar-refractivity contribution in [2.75, 3.05) is 5.75 Å². The molecule has 0 aromatic carbocycles. The van der Waals surface area contributed by atoms with Gasteiger partial charge in [0, 0.05) is 5.75 Å². The number of carboxylic acids is 1. The van der Waals surface area contributed by atoms with Crippen molar-refractivity contribution in [3.05, 3.63) is 12.7 Å². The van der Waals surface area contributed by atoms with Crippen molar-refractivity contribution >= 4 is 38.7 Å². The Morgan fingerprint density at radius 1 is 1.53 bits per heavy atom. The van der Waals surface area contributed by atoms with E-state index in [-0.39, 0.29) is 0 Å². The molecule has 0 saturated heterocycles. The highest BCUT2D eigenvalue weighted by atomic mass is 33.1. The van der Waals surface area contributed by atoms with E-state index in [9.17, 15) is 4.79 Å². The number of nitrogens with one attached hydrogen (secondary N) is 1. The quantitative estimate of drug-likeness (QED) is 0.531. The van der Waals surface area contributed by atoms with Crippen LogP contribution in [0.5, 0.6) is 0 Å². The van der Waals surface area contributed by atoms with Crippen molar-refractivity contribution < 1.29 is 9.90 Å². The van der Waals surface area contributed by atoms with Crippen LogP contribution < -0.4 is 5.73 Å². The van der Waals surface area contributed by atoms with Gasteiger partial charge in [-0.3, -0.25) is 4.79 Å². The molecule has 0 amide bonds. The van der Waals surface area contributed by atoms with Crippen LogP contribution in [-0.2, 0) is 4.79 Å². The zero-order valence-electron chi connectivity index (χ0n) is 8.53. The molecule has 0 aliphatic rings. The molecular formula is C8H9N5O2S2. The molecule has 17 heavy (non-hydrogen) atoms. The molecule has 0 bridgehead atoms. The largest absolute Gasteiger partial charge is 0.480 e. The van der Waals surface area contributed by atoms with Crippen LogP contribution in [0.15, 0.2) is 17.7 Å². The fourth-order valence-electron chi connectivity index (χ4n) is 1.04. The minimum absolute atomic E-state index is 0.305. The van der Waals surface area contributed by atoms with E-state index in [1.54, 1.807) is 0 Å². The first-order valence-corrected chi connectivity index (χ1v) is 6.92. The average molecular weight is 271 g/mol. The number of hydrogen-bond donors (Lipinski definition) is 3. The minimum Gasteiger partial charge on any atom is -0.480 e. The Balaban J connectivity index is 1.99. The molecule has 9 heteroatoms. The molecule has 0 fully saturated rings. The number of rotatable bonds is 5. The van der Waals surface area contributed by atoms with Gasteiger partial charge in [0.25, 0.3) is 0 Å². The summed E-state index contributed by atoms with van der Waals surface area (Å²) in [6.07, 6.45) is 2.96. The number of nitrogens with zero attached hydrogens (tertiary/aromatic N) is 3. The third-order valence-electron chi connectivity index (χ3n) is 1.89. The summed E-state index contributed by atoms with van der Waals surface area (Å²) in [5.41, 5.74) is 6.72. The van der Waals surface area contributed by atoms with Gasteiger partial charge in [-0.1, -0.05) is 10.8 Å². The van der Waals surface area contributed by atoms with E-state index < -0.39 is 12.0 Å². The third-order valence-corrected chi connectivity index (χ3v) is 4.21. The van der Waals surface area contributed by atoms with Crippen molar-refractivity contribution in [3.8, 4) is 0 Å². The van der Waals surface area contributed by atoms with Crippen LogP contribution >= 0.6 is 21.6 Å². The SMILES string of the molecule is NC(CSSc1ncnc2nc[nH]c12)C(=O)O. The number of aromatic nitrogens is 4. The second-order valence-electron chi connectivity index (χ2n) is 3.09. The molecule has 0 aliphatic carbocycles. The second kappa shape index (κ2) is 5.34. The molecule has 2 aromatic rings. The second-order valence-corrected chi connectivity index (χ2v) is 5.42. The predicted octanol–water partition coefficient (Wildman–Crippen LogP) is 0.505. The maximum absolute atomic E-state index is 10.5. The van der Waals surface area contributed by atoms with Crippen LogP contribution in [-0.4, -0.2) is 42.8 Å². The fourth-order valence-corrected chi connectivity index (χ4v) is 3.19. The molecule has 0 spiro atoms. The minimum atomic E-state index is -1.01. The van der Waals surface area contributed by atoms with Crippen LogP contribution in [0.1, 0.15) is 0 Å². The summed E-state index contributed by atoms with van der Waals surface area (Å²) in [5, 5.41) is 9.35. The summed E-state index contributed by atoms with van der Waals surface area (Å²) in [4.78, 5) is 25.5. The van der Waals surface area contributed by atoms with Crippen molar-refractivity contribution in [2.45, 2.75) is 11.1 Å². The van der Waals surface area contributed by atoms with Gasteiger partial charge in [0.15, 0.2) is 5.65 Å². The van der Waals surface area contributed by atoms with Gasteiger partial charge in [-0.15, -0.1) is 0 Å². The molecule has 1 unspecified atom stereocenters. The molecule has 7 nitrogen and oxygen atoms in total. The number of aliphatic carboxylic acids is 1. The van der Waals surface area contributed by atoms with E-state index in [4.69, 9.17) is 10.8 Å². The van der Waals surface area contributed by atoms with Crippen molar-refractivity contribution in [1.29, 1.82) is 0 Å². The molecule has 0 aliphatic heterocycles. The lowest BCUT2D eigenvalue weighted by molar-refractivity contribution is -0.137. The zero-order valence-corrected chi connectivity index (χ0v) is 10.2. The monoisotopic (exact) mass is 271 g/mol. The van der Waals surface area contributed by atoms with Crippen LogP contribution in [0, 0.1) is 0 Å². The Kier molecular flexibility index (Phi) is 3.82. The van der Waals surface area contributed by atoms with Gasteiger partial charge < -0.3 is 15.8 Å². The molecule has 2 aromatic heterocycles. The Morgan fingerprint density at radius 2 is 2.35 bits per heavy atom. The molecule has 90 valence electrons. The smallest absolute Gasteiger partial charge is 0.321 e. The van der Waals surface area contributed by atoms with Crippen LogP contribution in [0.25, 0.3) is 11.2 Å². The maximum atomic E-state index is 10.5. The molecule has 2 rings (SSSR count). The van der Waals surface area contributed by atoms with E-state index in [1.807, 2.05) is 0 Å². The molecule has 0 saturated carbocycles. The van der Waals surface area contributed by atoms with Crippen molar-refractivity contribution in [2.24, 2.45) is 5.73 Å². The number of aromatic amines is 1. The van der Waals surface area contributed by atoms with E-state index in [2.05, 4.69) is 19.9 Å². The Hall–Kier alpha value is -1.32. The number of nitrogens with two attached hydrogens (primary N) is 1. The van der Waals surface area contributed by atoms with E-state index in [1.165, 1.54) is 34.2 Å². The van der Waals surface area contributed by atoms with E-state index in [0.717, 1.165) is 10.5 Å². The summed E-state index contributed by atoms with van der Waals surface area (Å²) >= 11 is 0. The van der Waals surface area contributed by atoms with Crippen LogP contribution in [0.2, 0.25) is 0 Å². The average Bonchev–Trinajstić information content (AvgIpc) is 2.77. The molecule has 2 heterocycles.